The Hall–Kier alpha value is -1.88. The first kappa shape index (κ1) is 14.7. The minimum atomic E-state index is -0.104. The second-order valence-corrected chi connectivity index (χ2v) is 7.03. The zero-order valence-electron chi connectivity index (χ0n) is 13.5. The third-order valence-corrected chi connectivity index (χ3v) is 5.14. The van der Waals surface area contributed by atoms with E-state index in [4.69, 9.17) is 4.74 Å². The van der Waals surface area contributed by atoms with Gasteiger partial charge < -0.3 is 14.5 Å². The lowest BCUT2D eigenvalue weighted by Gasteiger charge is -2.32. The number of fused-ring (bicyclic) bond motifs is 1. The Morgan fingerprint density at radius 3 is 2.96 bits per heavy atom. The smallest absolute Gasteiger partial charge is 0.271 e. The molecule has 1 aliphatic carbocycles. The molecule has 1 atom stereocenters. The van der Waals surface area contributed by atoms with Gasteiger partial charge in [0.2, 0.25) is 0 Å². The van der Waals surface area contributed by atoms with E-state index in [2.05, 4.69) is 10.3 Å². The number of imidazole rings is 1. The fourth-order valence-corrected chi connectivity index (χ4v) is 3.95. The first-order valence-electron chi connectivity index (χ1n) is 8.54. The van der Waals surface area contributed by atoms with Gasteiger partial charge in [0, 0.05) is 12.4 Å². The molecule has 122 valence electrons. The van der Waals surface area contributed by atoms with E-state index in [0.717, 1.165) is 30.5 Å². The van der Waals surface area contributed by atoms with Crippen molar-refractivity contribution in [2.24, 2.45) is 0 Å². The van der Waals surface area contributed by atoms with Crippen LogP contribution in [0.3, 0.4) is 0 Å². The summed E-state index contributed by atoms with van der Waals surface area (Å²) in [6, 6.07) is 4.04. The van der Waals surface area contributed by atoms with E-state index in [1.807, 2.05) is 29.7 Å². The number of hydrogen-bond acceptors (Lipinski definition) is 3. The summed E-state index contributed by atoms with van der Waals surface area (Å²) < 4.78 is 7.97. The predicted octanol–water partition coefficient (Wildman–Crippen LogP) is 2.86. The van der Waals surface area contributed by atoms with Crippen molar-refractivity contribution in [3.8, 4) is 0 Å². The first-order chi connectivity index (χ1) is 11.1. The molecular formula is C18H23N3O2. The van der Waals surface area contributed by atoms with Gasteiger partial charge in [0.1, 0.15) is 11.3 Å². The van der Waals surface area contributed by atoms with Crippen LogP contribution in [-0.4, -0.2) is 33.5 Å². The molecule has 0 bridgehead atoms. The van der Waals surface area contributed by atoms with Crippen molar-refractivity contribution in [1.29, 1.82) is 0 Å². The van der Waals surface area contributed by atoms with Gasteiger partial charge in [0.25, 0.3) is 5.91 Å². The summed E-state index contributed by atoms with van der Waals surface area (Å²) in [4.78, 5) is 16.9. The molecule has 5 heteroatoms. The number of ether oxygens (including phenoxy) is 1. The molecule has 0 unspecified atom stereocenters. The van der Waals surface area contributed by atoms with Crippen LogP contribution in [0.25, 0.3) is 5.65 Å². The fourth-order valence-electron chi connectivity index (χ4n) is 3.95. The van der Waals surface area contributed by atoms with Crippen LogP contribution in [0.15, 0.2) is 24.5 Å². The molecular weight excluding hydrogens is 290 g/mol. The van der Waals surface area contributed by atoms with E-state index in [0.29, 0.717) is 12.3 Å². The SMILES string of the molecule is Cc1ccc2nc(C(=O)N[C@H]3COC4(CCCCC4)C3)cn2c1. The largest absolute Gasteiger partial charge is 0.373 e. The Morgan fingerprint density at radius 2 is 2.13 bits per heavy atom. The van der Waals surface area contributed by atoms with E-state index in [1.165, 1.54) is 19.3 Å². The van der Waals surface area contributed by atoms with Gasteiger partial charge in [-0.05, 0) is 37.8 Å². The molecule has 1 saturated heterocycles. The number of carbonyl (C=O) groups excluding carboxylic acids is 1. The van der Waals surface area contributed by atoms with Crippen LogP contribution in [-0.2, 0) is 4.74 Å². The number of nitrogens with one attached hydrogen (secondary N) is 1. The molecule has 1 spiro atoms. The van der Waals surface area contributed by atoms with E-state index in [9.17, 15) is 4.79 Å². The summed E-state index contributed by atoms with van der Waals surface area (Å²) in [5.41, 5.74) is 2.43. The molecule has 3 heterocycles. The minimum Gasteiger partial charge on any atom is -0.373 e. The molecule has 2 fully saturated rings. The van der Waals surface area contributed by atoms with Crippen molar-refractivity contribution in [1.82, 2.24) is 14.7 Å². The maximum absolute atomic E-state index is 12.5. The topological polar surface area (TPSA) is 55.6 Å². The van der Waals surface area contributed by atoms with Crippen LogP contribution in [0.4, 0.5) is 0 Å². The predicted molar refractivity (Wildman–Crippen MR) is 87.6 cm³/mol. The molecule has 4 rings (SSSR count). The maximum Gasteiger partial charge on any atom is 0.271 e. The van der Waals surface area contributed by atoms with E-state index < -0.39 is 0 Å². The summed E-state index contributed by atoms with van der Waals surface area (Å²) >= 11 is 0. The molecule has 5 nitrogen and oxygen atoms in total. The molecule has 1 aliphatic heterocycles. The Balaban J connectivity index is 1.45. The Morgan fingerprint density at radius 1 is 1.30 bits per heavy atom. The van der Waals surface area contributed by atoms with Crippen molar-refractivity contribution in [2.45, 2.75) is 57.1 Å². The monoisotopic (exact) mass is 313 g/mol. The Kier molecular flexibility index (Phi) is 3.60. The highest BCUT2D eigenvalue weighted by atomic mass is 16.5. The number of aromatic nitrogens is 2. The summed E-state index contributed by atoms with van der Waals surface area (Å²) in [7, 11) is 0. The molecule has 0 aromatic carbocycles. The zero-order chi connectivity index (χ0) is 15.9. The van der Waals surface area contributed by atoms with Gasteiger partial charge in [-0.15, -0.1) is 0 Å². The summed E-state index contributed by atoms with van der Waals surface area (Å²) in [6.45, 7) is 2.65. The number of carbonyl (C=O) groups is 1. The standard InChI is InChI=1S/C18H23N3O2/c1-13-5-6-16-20-15(11-21(16)10-13)17(22)19-14-9-18(23-12-14)7-3-2-4-8-18/h5-6,10-11,14H,2-4,7-9,12H2,1H3,(H,19,22)/t14-/m1/s1. The Bertz CT molecular complexity index is 731. The van der Waals surface area contributed by atoms with Crippen LogP contribution in [0, 0.1) is 6.92 Å². The van der Waals surface area contributed by atoms with Gasteiger partial charge in [-0.3, -0.25) is 4.79 Å². The number of hydrogen-bond donors (Lipinski definition) is 1. The van der Waals surface area contributed by atoms with Crippen LogP contribution in [0.1, 0.15) is 54.6 Å². The first-order valence-corrected chi connectivity index (χ1v) is 8.54. The van der Waals surface area contributed by atoms with Crippen molar-refractivity contribution in [3.05, 3.63) is 35.8 Å². The average Bonchev–Trinajstić information content (AvgIpc) is 3.12. The van der Waals surface area contributed by atoms with Crippen LogP contribution in [0.5, 0.6) is 0 Å². The summed E-state index contributed by atoms with van der Waals surface area (Å²) in [6.07, 6.45) is 10.8. The van der Waals surface area contributed by atoms with Crippen molar-refractivity contribution in [2.75, 3.05) is 6.61 Å². The molecule has 2 aliphatic rings. The highest BCUT2D eigenvalue weighted by molar-refractivity contribution is 5.93. The van der Waals surface area contributed by atoms with Gasteiger partial charge in [-0.1, -0.05) is 25.3 Å². The maximum atomic E-state index is 12.5. The third kappa shape index (κ3) is 2.85. The van der Waals surface area contributed by atoms with Crippen LogP contribution >= 0.6 is 0 Å². The molecule has 2 aromatic rings. The molecule has 1 N–H and O–H groups in total. The number of aryl methyl sites for hydroxylation is 1. The second kappa shape index (κ2) is 5.64. The number of amides is 1. The highest BCUT2D eigenvalue weighted by Gasteiger charge is 2.41. The second-order valence-electron chi connectivity index (χ2n) is 7.03. The van der Waals surface area contributed by atoms with E-state index in [-0.39, 0.29) is 17.6 Å². The average molecular weight is 313 g/mol. The van der Waals surface area contributed by atoms with Crippen molar-refractivity contribution < 1.29 is 9.53 Å². The molecule has 0 radical (unpaired) electrons. The summed E-state index contributed by atoms with van der Waals surface area (Å²) in [5.74, 6) is -0.104. The van der Waals surface area contributed by atoms with Crippen molar-refractivity contribution in [3.63, 3.8) is 0 Å². The lowest BCUT2D eigenvalue weighted by Crippen LogP contribution is -2.37. The van der Waals surface area contributed by atoms with Gasteiger partial charge in [-0.25, -0.2) is 4.98 Å². The minimum absolute atomic E-state index is 0.0201. The van der Waals surface area contributed by atoms with Gasteiger partial charge in [0.05, 0.1) is 18.2 Å². The van der Waals surface area contributed by atoms with Crippen LogP contribution in [0.2, 0.25) is 0 Å². The number of rotatable bonds is 2. The van der Waals surface area contributed by atoms with Gasteiger partial charge in [-0.2, -0.15) is 0 Å². The van der Waals surface area contributed by atoms with Crippen molar-refractivity contribution >= 4 is 11.6 Å². The molecule has 2 aromatic heterocycles. The molecule has 1 amide bonds. The highest BCUT2D eigenvalue weighted by Crippen LogP contribution is 2.39. The normalized spacial score (nSPS) is 23.4. The summed E-state index contributed by atoms with van der Waals surface area (Å²) in [5, 5.41) is 3.10. The lowest BCUT2D eigenvalue weighted by molar-refractivity contribution is -0.0246. The van der Waals surface area contributed by atoms with E-state index >= 15 is 0 Å². The molecule has 23 heavy (non-hydrogen) atoms. The number of nitrogens with zero attached hydrogens (tertiary/aromatic N) is 2. The number of pyridine rings is 1. The zero-order valence-corrected chi connectivity index (χ0v) is 13.5. The van der Waals surface area contributed by atoms with Gasteiger partial charge in [0.15, 0.2) is 0 Å². The Labute approximate surface area is 136 Å². The van der Waals surface area contributed by atoms with E-state index in [1.54, 1.807) is 6.20 Å². The lowest BCUT2D eigenvalue weighted by atomic mass is 9.82. The van der Waals surface area contributed by atoms with Crippen LogP contribution < -0.4 is 5.32 Å². The van der Waals surface area contributed by atoms with Gasteiger partial charge >= 0.3 is 0 Å². The molecule has 1 saturated carbocycles. The third-order valence-electron chi connectivity index (χ3n) is 5.14. The fraction of sp³-hybridized carbons (Fsp3) is 0.556. The quantitative estimate of drug-likeness (QED) is 0.927.